The SMILES string of the molecule is C[C@H](NC(=O)C1(C)CC1)[C@H](Oc1ccc2c(cnn2-c2ccc(F)cc2)c1)c1cc(F)cc(Cl)c1. The highest BCUT2D eigenvalue weighted by atomic mass is 35.5. The van der Waals surface area contributed by atoms with Crippen LogP contribution in [0.1, 0.15) is 38.4 Å². The van der Waals surface area contributed by atoms with Crippen molar-refractivity contribution in [3.8, 4) is 11.4 Å². The molecule has 4 aromatic rings. The molecule has 35 heavy (non-hydrogen) atoms. The van der Waals surface area contributed by atoms with Gasteiger partial charge >= 0.3 is 0 Å². The molecule has 1 fully saturated rings. The minimum Gasteiger partial charge on any atom is -0.484 e. The zero-order valence-electron chi connectivity index (χ0n) is 19.3. The van der Waals surface area contributed by atoms with Gasteiger partial charge in [0.25, 0.3) is 0 Å². The maximum absolute atomic E-state index is 14.2. The average molecular weight is 496 g/mol. The summed E-state index contributed by atoms with van der Waals surface area (Å²) in [5, 5.41) is 8.51. The molecule has 180 valence electrons. The van der Waals surface area contributed by atoms with Crippen molar-refractivity contribution in [1.29, 1.82) is 0 Å². The first-order valence-corrected chi connectivity index (χ1v) is 11.8. The summed E-state index contributed by atoms with van der Waals surface area (Å²) in [4.78, 5) is 12.7. The fraction of sp³-hybridized carbons (Fsp3) is 0.259. The molecule has 1 saturated carbocycles. The van der Waals surface area contributed by atoms with E-state index in [9.17, 15) is 13.6 Å². The Morgan fingerprint density at radius 3 is 2.51 bits per heavy atom. The lowest BCUT2D eigenvalue weighted by molar-refractivity contribution is -0.127. The van der Waals surface area contributed by atoms with Gasteiger partial charge in [0.2, 0.25) is 5.91 Å². The number of nitrogens with zero attached hydrogens (tertiary/aromatic N) is 2. The van der Waals surface area contributed by atoms with Gasteiger partial charge in [-0.05, 0) is 86.0 Å². The zero-order chi connectivity index (χ0) is 24.7. The molecule has 1 heterocycles. The summed E-state index contributed by atoms with van der Waals surface area (Å²) in [6, 6.07) is 15.3. The van der Waals surface area contributed by atoms with Gasteiger partial charge in [0.1, 0.15) is 23.5 Å². The molecule has 0 saturated heterocycles. The van der Waals surface area contributed by atoms with E-state index < -0.39 is 18.0 Å². The van der Waals surface area contributed by atoms with Crippen LogP contribution in [0.15, 0.2) is 66.9 Å². The predicted octanol–water partition coefficient (Wildman–Crippen LogP) is 6.38. The number of halogens is 3. The van der Waals surface area contributed by atoms with Gasteiger partial charge in [-0.15, -0.1) is 0 Å². The molecular weight excluding hydrogens is 472 g/mol. The van der Waals surface area contributed by atoms with Crippen LogP contribution in [-0.2, 0) is 4.79 Å². The van der Waals surface area contributed by atoms with Gasteiger partial charge in [-0.25, -0.2) is 13.5 Å². The summed E-state index contributed by atoms with van der Waals surface area (Å²) in [6.07, 6.45) is 2.70. The first-order chi connectivity index (χ1) is 16.7. The molecular formula is C27H24ClF2N3O2. The van der Waals surface area contributed by atoms with E-state index in [0.717, 1.165) is 29.4 Å². The number of fused-ring (bicyclic) bond motifs is 1. The lowest BCUT2D eigenvalue weighted by atomic mass is 10.0. The molecule has 0 radical (unpaired) electrons. The summed E-state index contributed by atoms with van der Waals surface area (Å²) < 4.78 is 35.5. The fourth-order valence-electron chi connectivity index (χ4n) is 4.09. The van der Waals surface area contributed by atoms with E-state index in [1.807, 2.05) is 26.0 Å². The molecule has 1 aliphatic rings. The number of nitrogens with one attached hydrogen (secondary N) is 1. The maximum atomic E-state index is 14.2. The number of carbonyl (C=O) groups is 1. The Labute approximate surface area is 206 Å². The second-order valence-electron chi connectivity index (χ2n) is 9.32. The number of hydrogen-bond donors (Lipinski definition) is 1. The third kappa shape index (κ3) is 4.86. The molecule has 0 aliphatic heterocycles. The van der Waals surface area contributed by atoms with E-state index in [2.05, 4.69) is 10.4 Å². The Morgan fingerprint density at radius 1 is 1.09 bits per heavy atom. The molecule has 1 aromatic heterocycles. The number of carbonyl (C=O) groups excluding carboxylic acids is 1. The highest BCUT2D eigenvalue weighted by Crippen LogP contribution is 2.45. The minimum atomic E-state index is -0.681. The molecule has 0 unspecified atom stereocenters. The van der Waals surface area contributed by atoms with Gasteiger partial charge in [-0.2, -0.15) is 5.10 Å². The quantitative estimate of drug-likeness (QED) is 0.323. The zero-order valence-corrected chi connectivity index (χ0v) is 20.0. The van der Waals surface area contributed by atoms with Crippen molar-refractivity contribution >= 4 is 28.4 Å². The number of hydrogen-bond acceptors (Lipinski definition) is 3. The highest BCUT2D eigenvalue weighted by Gasteiger charge is 2.45. The van der Waals surface area contributed by atoms with E-state index in [-0.39, 0.29) is 22.2 Å². The molecule has 5 rings (SSSR count). The van der Waals surface area contributed by atoms with Crippen molar-refractivity contribution < 1.29 is 18.3 Å². The van der Waals surface area contributed by atoms with E-state index in [1.165, 1.54) is 24.3 Å². The van der Waals surface area contributed by atoms with Crippen LogP contribution in [-0.4, -0.2) is 21.7 Å². The lowest BCUT2D eigenvalue weighted by Crippen LogP contribution is -2.42. The van der Waals surface area contributed by atoms with Gasteiger partial charge in [0.05, 0.1) is 23.4 Å². The van der Waals surface area contributed by atoms with Crippen LogP contribution in [0.5, 0.6) is 5.75 Å². The molecule has 1 aliphatic carbocycles. The highest BCUT2D eigenvalue weighted by molar-refractivity contribution is 6.30. The summed E-state index contributed by atoms with van der Waals surface area (Å²) in [6.45, 7) is 3.76. The number of ether oxygens (including phenoxy) is 1. The summed E-state index contributed by atoms with van der Waals surface area (Å²) in [7, 11) is 0. The van der Waals surface area contributed by atoms with Crippen molar-refractivity contribution in [2.45, 2.75) is 38.8 Å². The van der Waals surface area contributed by atoms with Gasteiger partial charge < -0.3 is 10.1 Å². The fourth-order valence-corrected chi connectivity index (χ4v) is 4.32. The second-order valence-corrected chi connectivity index (χ2v) is 9.75. The van der Waals surface area contributed by atoms with Gasteiger partial charge in [-0.1, -0.05) is 18.5 Å². The van der Waals surface area contributed by atoms with E-state index in [0.29, 0.717) is 11.3 Å². The predicted molar refractivity (Wildman–Crippen MR) is 131 cm³/mol. The number of amides is 1. The van der Waals surface area contributed by atoms with Crippen molar-refractivity contribution in [2.75, 3.05) is 0 Å². The Balaban J connectivity index is 1.45. The Morgan fingerprint density at radius 2 is 1.83 bits per heavy atom. The van der Waals surface area contributed by atoms with Crippen molar-refractivity contribution in [3.05, 3.63) is 89.1 Å². The maximum Gasteiger partial charge on any atom is 0.226 e. The van der Waals surface area contributed by atoms with Crippen molar-refractivity contribution in [2.24, 2.45) is 5.41 Å². The first kappa shape index (κ1) is 23.3. The molecule has 3 aromatic carbocycles. The molecule has 8 heteroatoms. The summed E-state index contributed by atoms with van der Waals surface area (Å²) in [5.74, 6) is -0.316. The smallest absolute Gasteiger partial charge is 0.226 e. The lowest BCUT2D eigenvalue weighted by Gasteiger charge is -2.28. The van der Waals surface area contributed by atoms with E-state index in [4.69, 9.17) is 16.3 Å². The van der Waals surface area contributed by atoms with Crippen LogP contribution in [0.25, 0.3) is 16.6 Å². The van der Waals surface area contributed by atoms with Crippen LogP contribution >= 0.6 is 11.6 Å². The molecule has 2 atom stereocenters. The summed E-state index contributed by atoms with van der Waals surface area (Å²) in [5.41, 5.74) is 1.71. The first-order valence-electron chi connectivity index (χ1n) is 11.4. The second kappa shape index (κ2) is 8.96. The topological polar surface area (TPSA) is 56.1 Å². The normalized spacial score (nSPS) is 16.0. The molecule has 5 nitrogen and oxygen atoms in total. The van der Waals surface area contributed by atoms with Gasteiger partial charge in [0.15, 0.2) is 0 Å². The molecule has 0 spiro atoms. The van der Waals surface area contributed by atoms with Crippen LogP contribution in [0.4, 0.5) is 8.78 Å². The largest absolute Gasteiger partial charge is 0.484 e. The van der Waals surface area contributed by atoms with Crippen LogP contribution < -0.4 is 10.1 Å². The number of benzene rings is 3. The third-order valence-electron chi connectivity index (χ3n) is 6.45. The number of aromatic nitrogens is 2. The molecule has 0 bridgehead atoms. The number of rotatable bonds is 7. The van der Waals surface area contributed by atoms with E-state index >= 15 is 0 Å². The Kier molecular flexibility index (Phi) is 5.97. The minimum absolute atomic E-state index is 0.0443. The van der Waals surface area contributed by atoms with Gasteiger partial charge in [-0.3, -0.25) is 4.79 Å². The van der Waals surface area contributed by atoms with E-state index in [1.54, 1.807) is 35.1 Å². The van der Waals surface area contributed by atoms with Crippen LogP contribution in [0.2, 0.25) is 5.02 Å². The van der Waals surface area contributed by atoms with Crippen LogP contribution in [0, 0.1) is 17.0 Å². The standard InChI is InChI=1S/C27H24ClF2N3O2/c1-16(32-26(34)27(2)9-10-27)25(17-11-19(28)14-21(30)12-17)35-23-7-8-24-18(13-23)15-31-33(24)22-5-3-20(29)4-6-22/h3-8,11-16,25H,9-10H2,1-2H3,(H,32,34)/t16-,25-/m0/s1. The Hall–Kier alpha value is -3.45. The average Bonchev–Trinajstić information content (AvgIpc) is 3.44. The molecule has 1 N–H and O–H groups in total. The summed E-state index contributed by atoms with van der Waals surface area (Å²) >= 11 is 6.12. The van der Waals surface area contributed by atoms with Crippen molar-refractivity contribution in [3.63, 3.8) is 0 Å². The monoisotopic (exact) mass is 495 g/mol. The Bertz CT molecular complexity index is 1380. The van der Waals surface area contributed by atoms with Gasteiger partial charge in [0, 0.05) is 15.8 Å². The van der Waals surface area contributed by atoms with Crippen LogP contribution in [0.3, 0.4) is 0 Å². The molecule has 1 amide bonds. The third-order valence-corrected chi connectivity index (χ3v) is 6.67. The van der Waals surface area contributed by atoms with Crippen molar-refractivity contribution in [1.82, 2.24) is 15.1 Å².